The van der Waals surface area contributed by atoms with Crippen molar-refractivity contribution < 1.29 is 44.3 Å². The fourth-order valence-corrected chi connectivity index (χ4v) is 4.53. The van der Waals surface area contributed by atoms with E-state index in [0.717, 1.165) is 36.4 Å². The molecule has 3 heterocycles. The van der Waals surface area contributed by atoms with E-state index in [0.29, 0.717) is 0 Å². The van der Waals surface area contributed by atoms with Crippen LogP contribution in [0, 0.1) is 0 Å². The summed E-state index contributed by atoms with van der Waals surface area (Å²) in [4.78, 5) is 19.5. The molecule has 1 aliphatic rings. The number of nitrogens with one attached hydrogen (secondary N) is 1. The van der Waals surface area contributed by atoms with Gasteiger partial charge in [0.25, 0.3) is 0 Å². The van der Waals surface area contributed by atoms with E-state index in [-0.39, 0.29) is 55.1 Å². The van der Waals surface area contributed by atoms with Crippen LogP contribution in [0.25, 0.3) is 0 Å². The molecule has 0 spiro atoms. The second-order valence-electron chi connectivity index (χ2n) is 9.73. The fourth-order valence-electron chi connectivity index (χ4n) is 4.53. The maximum atomic E-state index is 13.5. The van der Waals surface area contributed by atoms with Gasteiger partial charge in [-0.05, 0) is 42.5 Å². The second kappa shape index (κ2) is 12.3. The van der Waals surface area contributed by atoms with Gasteiger partial charge in [0.1, 0.15) is 12.4 Å². The third-order valence-electron chi connectivity index (χ3n) is 6.71. The monoisotopic (exact) mass is 643 g/mol. The van der Waals surface area contributed by atoms with Gasteiger partial charge in [0, 0.05) is 43.6 Å². The van der Waals surface area contributed by atoms with E-state index in [4.69, 9.17) is 4.74 Å². The van der Waals surface area contributed by atoms with Crippen molar-refractivity contribution in [2.24, 2.45) is 0 Å². The van der Waals surface area contributed by atoms with E-state index in [1.54, 1.807) is 4.90 Å². The number of hydrogen-bond acceptors (Lipinski definition) is 8. The molecule has 8 nitrogen and oxygen atoms in total. The minimum absolute atomic E-state index is 0.0183. The van der Waals surface area contributed by atoms with E-state index in [2.05, 4.69) is 25.3 Å². The highest BCUT2D eigenvalue weighted by Crippen LogP contribution is 2.36. The van der Waals surface area contributed by atoms with Crippen molar-refractivity contribution >= 4 is 23.4 Å². The molecule has 45 heavy (non-hydrogen) atoms. The topological polar surface area (TPSA) is 79.3 Å². The van der Waals surface area contributed by atoms with Crippen LogP contribution >= 0.6 is 0 Å². The normalized spacial score (nSPS) is 14.4. The van der Waals surface area contributed by atoms with Gasteiger partial charge in [0.2, 0.25) is 11.9 Å². The van der Waals surface area contributed by atoms with Gasteiger partial charge < -0.3 is 19.9 Å². The molecule has 5 rings (SSSR count). The number of nitrogens with zero attached hydrogens (tertiary/aromatic N) is 6. The van der Waals surface area contributed by atoms with E-state index in [1.807, 2.05) is 0 Å². The lowest BCUT2D eigenvalue weighted by Crippen LogP contribution is -2.48. The lowest BCUT2D eigenvalue weighted by molar-refractivity contribution is -0.139. The van der Waals surface area contributed by atoms with E-state index in [1.165, 1.54) is 35.4 Å². The predicted molar refractivity (Wildman–Crippen MR) is 144 cm³/mol. The Morgan fingerprint density at radius 2 is 1.29 bits per heavy atom. The smallest absolute Gasteiger partial charge is 0.419 e. The van der Waals surface area contributed by atoms with Gasteiger partial charge >= 0.3 is 24.5 Å². The minimum Gasteiger partial charge on any atom is -0.458 e. The molecule has 0 unspecified atom stereocenters. The van der Waals surface area contributed by atoms with Crippen molar-refractivity contribution in [1.29, 1.82) is 0 Å². The first-order valence-corrected chi connectivity index (χ1v) is 13.2. The zero-order chi connectivity index (χ0) is 32.4. The summed E-state index contributed by atoms with van der Waals surface area (Å²) in [5.74, 6) is -0.446. The molecule has 238 valence electrons. The first-order valence-electron chi connectivity index (χ1n) is 13.2. The maximum Gasteiger partial charge on any atom is 0.419 e. The average molecular weight is 644 g/mol. The molecule has 0 saturated carbocycles. The van der Waals surface area contributed by atoms with Crippen molar-refractivity contribution in [2.75, 3.05) is 41.3 Å². The van der Waals surface area contributed by atoms with Crippen LogP contribution in [0.4, 0.5) is 62.9 Å². The SMILES string of the molecule is FC(F)(F)c1ccc(Nc2nc(OCc3ccccc3C(F)(F)F)nc(N3CCN(c4ncccc4C(F)(F)F)CC3)n2)cc1. The van der Waals surface area contributed by atoms with E-state index >= 15 is 0 Å². The summed E-state index contributed by atoms with van der Waals surface area (Å²) >= 11 is 0. The molecule has 0 bridgehead atoms. The van der Waals surface area contributed by atoms with Crippen LogP contribution in [0.15, 0.2) is 66.9 Å². The number of benzene rings is 2. The average Bonchev–Trinajstić information content (AvgIpc) is 2.99. The number of rotatable bonds is 7. The van der Waals surface area contributed by atoms with Gasteiger partial charge in [-0.2, -0.15) is 54.5 Å². The van der Waals surface area contributed by atoms with Crippen LogP contribution in [0.2, 0.25) is 0 Å². The lowest BCUT2D eigenvalue weighted by Gasteiger charge is -2.36. The van der Waals surface area contributed by atoms with Crippen molar-refractivity contribution in [1.82, 2.24) is 19.9 Å². The number of aromatic nitrogens is 4. The molecule has 0 radical (unpaired) electrons. The number of halogens is 9. The summed E-state index contributed by atoms with van der Waals surface area (Å²) in [6.07, 6.45) is -12.6. The molecule has 0 atom stereocenters. The Bertz CT molecular complexity index is 1620. The number of piperazine rings is 1. The third kappa shape index (κ3) is 7.64. The highest BCUT2D eigenvalue weighted by molar-refractivity contribution is 5.56. The summed E-state index contributed by atoms with van der Waals surface area (Å²) < 4.78 is 126. The molecule has 2 aromatic carbocycles. The Hall–Kier alpha value is -4.83. The highest BCUT2D eigenvalue weighted by atomic mass is 19.4. The zero-order valence-corrected chi connectivity index (χ0v) is 22.9. The lowest BCUT2D eigenvalue weighted by atomic mass is 10.1. The van der Waals surface area contributed by atoms with Crippen LogP contribution in [0.3, 0.4) is 0 Å². The maximum absolute atomic E-state index is 13.5. The summed E-state index contributed by atoms with van der Waals surface area (Å²) in [5.41, 5.74) is -2.75. The van der Waals surface area contributed by atoms with Crippen molar-refractivity contribution in [2.45, 2.75) is 25.1 Å². The molecule has 1 aliphatic heterocycles. The van der Waals surface area contributed by atoms with Crippen molar-refractivity contribution in [3.05, 3.63) is 89.1 Å². The predicted octanol–water partition coefficient (Wildman–Crippen LogP) is 6.97. The quantitative estimate of drug-likeness (QED) is 0.217. The first-order chi connectivity index (χ1) is 21.2. The van der Waals surface area contributed by atoms with E-state index < -0.39 is 47.8 Å². The summed E-state index contributed by atoms with van der Waals surface area (Å²) in [7, 11) is 0. The highest BCUT2D eigenvalue weighted by Gasteiger charge is 2.37. The third-order valence-corrected chi connectivity index (χ3v) is 6.71. The number of anilines is 4. The number of pyridine rings is 1. The molecule has 1 fully saturated rings. The fraction of sp³-hybridized carbons (Fsp3) is 0.286. The number of ether oxygens (including phenoxy) is 1. The summed E-state index contributed by atoms with van der Waals surface area (Å²) in [5, 5.41) is 2.73. The first kappa shape index (κ1) is 31.6. The largest absolute Gasteiger partial charge is 0.458 e. The Kier molecular flexibility index (Phi) is 8.62. The molecule has 2 aromatic heterocycles. The summed E-state index contributed by atoms with van der Waals surface area (Å²) in [6, 6.07) is 10.4. The van der Waals surface area contributed by atoms with Crippen LogP contribution in [-0.2, 0) is 25.1 Å². The van der Waals surface area contributed by atoms with Gasteiger partial charge in [-0.25, -0.2) is 4.98 Å². The molecule has 1 saturated heterocycles. The van der Waals surface area contributed by atoms with Gasteiger partial charge in [0.05, 0.1) is 16.7 Å². The van der Waals surface area contributed by atoms with Crippen LogP contribution < -0.4 is 19.9 Å². The molecular formula is C28H22F9N7O. The van der Waals surface area contributed by atoms with Gasteiger partial charge in [-0.1, -0.05) is 18.2 Å². The molecule has 0 aliphatic carbocycles. The van der Waals surface area contributed by atoms with Crippen molar-refractivity contribution in [3.8, 4) is 6.01 Å². The molecular weight excluding hydrogens is 621 g/mol. The van der Waals surface area contributed by atoms with E-state index in [9.17, 15) is 39.5 Å². The van der Waals surface area contributed by atoms with Crippen LogP contribution in [-0.4, -0.2) is 46.1 Å². The number of hydrogen-bond donors (Lipinski definition) is 1. The Balaban J connectivity index is 1.40. The van der Waals surface area contributed by atoms with Crippen LogP contribution in [0.1, 0.15) is 22.3 Å². The minimum atomic E-state index is -4.65. The van der Waals surface area contributed by atoms with Gasteiger partial charge in [-0.3, -0.25) is 0 Å². The molecule has 4 aromatic rings. The Morgan fingerprint density at radius 1 is 0.667 bits per heavy atom. The Morgan fingerprint density at radius 3 is 1.93 bits per heavy atom. The standard InChI is InChI=1S/C28H22F9N7O/c29-26(30,31)18-7-9-19(10-8-18)39-23-40-24(42-25(41-23)45-16-17-4-1-2-5-20(17)27(32,33)34)44-14-12-43(13-15-44)22-21(28(35,36)37)6-3-11-38-22/h1-11H,12-16H2,(H,39,40,41,42). The second-order valence-corrected chi connectivity index (χ2v) is 9.73. The zero-order valence-electron chi connectivity index (χ0n) is 22.9. The molecule has 17 heteroatoms. The van der Waals surface area contributed by atoms with Gasteiger partial charge in [0.15, 0.2) is 0 Å². The van der Waals surface area contributed by atoms with Crippen LogP contribution in [0.5, 0.6) is 6.01 Å². The van der Waals surface area contributed by atoms with Crippen molar-refractivity contribution in [3.63, 3.8) is 0 Å². The Labute approximate surface area is 249 Å². The molecule has 0 amide bonds. The number of alkyl halides is 9. The summed E-state index contributed by atoms with van der Waals surface area (Å²) in [6.45, 7) is -0.167. The molecule has 1 N–H and O–H groups in total. The van der Waals surface area contributed by atoms with Gasteiger partial charge in [-0.15, -0.1) is 0 Å².